The quantitative estimate of drug-likeness (QED) is 0.384. The smallest absolute Gasteiger partial charge is 0.183 e. The van der Waals surface area contributed by atoms with Crippen LogP contribution in [0.1, 0.15) is 31.9 Å². The summed E-state index contributed by atoms with van der Waals surface area (Å²) in [6, 6.07) is 15.5. The van der Waals surface area contributed by atoms with Gasteiger partial charge < -0.3 is 29.2 Å². The minimum Gasteiger partial charge on any atom is -0.491 e. The van der Waals surface area contributed by atoms with Gasteiger partial charge in [0.2, 0.25) is 0 Å². The molecule has 0 aliphatic rings. The van der Waals surface area contributed by atoms with Gasteiger partial charge in [-0.15, -0.1) is 0 Å². The molecule has 2 atom stereocenters. The van der Waals surface area contributed by atoms with Crippen LogP contribution in [0.5, 0.6) is 11.5 Å². The van der Waals surface area contributed by atoms with E-state index >= 15 is 0 Å². The van der Waals surface area contributed by atoms with E-state index in [9.17, 15) is 15.0 Å². The Morgan fingerprint density at radius 2 is 1.29 bits per heavy atom. The number of ketones is 1. The summed E-state index contributed by atoms with van der Waals surface area (Å²) in [4.78, 5) is 11.5. The van der Waals surface area contributed by atoms with Crippen LogP contribution in [0.15, 0.2) is 60.7 Å². The molecule has 0 saturated heterocycles. The maximum Gasteiger partial charge on any atom is 0.183 e. The SMILES string of the molecule is C=C(C)C(=O)COCC(O)COc1ccc(C(C)(C)c2ccc(OCC(O)COC)cc2)cc1. The van der Waals surface area contributed by atoms with Crippen molar-refractivity contribution in [2.24, 2.45) is 0 Å². The minimum atomic E-state index is -0.842. The lowest BCUT2D eigenvalue weighted by atomic mass is 9.78. The number of carbonyl (C=O) groups excluding carboxylic acids is 1. The average Bonchev–Trinajstić information content (AvgIpc) is 2.82. The minimum absolute atomic E-state index is 0.00911. The van der Waals surface area contributed by atoms with E-state index in [-0.39, 0.29) is 44.2 Å². The number of carbonyl (C=O) groups is 1. The number of methoxy groups -OCH3 is 1. The van der Waals surface area contributed by atoms with Gasteiger partial charge in [-0.1, -0.05) is 44.7 Å². The van der Waals surface area contributed by atoms with Gasteiger partial charge in [-0.2, -0.15) is 0 Å². The van der Waals surface area contributed by atoms with Crippen molar-refractivity contribution < 1.29 is 34.0 Å². The highest BCUT2D eigenvalue weighted by atomic mass is 16.5. The van der Waals surface area contributed by atoms with E-state index in [4.69, 9.17) is 18.9 Å². The van der Waals surface area contributed by atoms with Crippen molar-refractivity contribution in [1.82, 2.24) is 0 Å². The number of hydrogen-bond donors (Lipinski definition) is 2. The second-order valence-electron chi connectivity index (χ2n) is 8.78. The van der Waals surface area contributed by atoms with E-state index in [1.54, 1.807) is 6.92 Å². The van der Waals surface area contributed by atoms with Crippen LogP contribution < -0.4 is 9.47 Å². The fourth-order valence-corrected chi connectivity index (χ4v) is 3.19. The summed E-state index contributed by atoms with van der Waals surface area (Å²) >= 11 is 0. The Labute approximate surface area is 201 Å². The largest absolute Gasteiger partial charge is 0.491 e. The number of ether oxygens (including phenoxy) is 4. The molecule has 186 valence electrons. The Morgan fingerprint density at radius 3 is 1.71 bits per heavy atom. The molecule has 0 spiro atoms. The maximum atomic E-state index is 11.5. The Balaban J connectivity index is 1.87. The van der Waals surface area contributed by atoms with Gasteiger partial charge in [0.05, 0.1) is 13.2 Å². The topological polar surface area (TPSA) is 94.5 Å². The molecule has 0 saturated carbocycles. The molecule has 0 heterocycles. The zero-order chi connectivity index (χ0) is 25.1. The predicted octanol–water partition coefficient (Wildman–Crippen LogP) is 3.30. The molecular formula is C27H36O7. The molecule has 0 aliphatic carbocycles. The van der Waals surface area contributed by atoms with Crippen LogP contribution in [-0.4, -0.2) is 68.3 Å². The molecule has 34 heavy (non-hydrogen) atoms. The molecule has 0 aromatic heterocycles. The molecule has 0 radical (unpaired) electrons. The summed E-state index contributed by atoms with van der Waals surface area (Å²) in [6.07, 6.45) is -1.51. The maximum absolute atomic E-state index is 11.5. The molecule has 2 aromatic rings. The van der Waals surface area contributed by atoms with Gasteiger partial charge in [-0.3, -0.25) is 4.79 Å². The van der Waals surface area contributed by atoms with Crippen molar-refractivity contribution in [3.63, 3.8) is 0 Å². The Hall–Kier alpha value is -2.71. The molecule has 2 aromatic carbocycles. The molecule has 2 unspecified atom stereocenters. The summed E-state index contributed by atoms with van der Waals surface area (Å²) in [6.45, 7) is 9.82. The monoisotopic (exact) mass is 472 g/mol. The lowest BCUT2D eigenvalue weighted by Crippen LogP contribution is -2.25. The van der Waals surface area contributed by atoms with Crippen molar-refractivity contribution in [2.45, 2.75) is 38.4 Å². The van der Waals surface area contributed by atoms with Gasteiger partial charge in [0.25, 0.3) is 0 Å². The van der Waals surface area contributed by atoms with Crippen molar-refractivity contribution in [3.8, 4) is 11.5 Å². The third-order valence-electron chi connectivity index (χ3n) is 5.42. The van der Waals surface area contributed by atoms with Crippen LogP contribution in [0.25, 0.3) is 0 Å². The lowest BCUT2D eigenvalue weighted by Gasteiger charge is -2.26. The highest BCUT2D eigenvalue weighted by Crippen LogP contribution is 2.33. The average molecular weight is 473 g/mol. The Morgan fingerprint density at radius 1 is 0.853 bits per heavy atom. The fraction of sp³-hybridized carbons (Fsp3) is 0.444. The van der Waals surface area contributed by atoms with E-state index in [1.165, 1.54) is 7.11 Å². The molecule has 2 rings (SSSR count). The van der Waals surface area contributed by atoms with Crippen LogP contribution in [0.3, 0.4) is 0 Å². The second-order valence-corrected chi connectivity index (χ2v) is 8.78. The van der Waals surface area contributed by atoms with Gasteiger partial charge in [-0.05, 0) is 47.9 Å². The third kappa shape index (κ3) is 8.57. The fourth-order valence-electron chi connectivity index (χ4n) is 3.19. The van der Waals surface area contributed by atoms with Crippen molar-refractivity contribution in [3.05, 3.63) is 71.8 Å². The Bertz CT molecular complexity index is 904. The van der Waals surface area contributed by atoms with Gasteiger partial charge in [-0.25, -0.2) is 0 Å². The number of benzene rings is 2. The lowest BCUT2D eigenvalue weighted by molar-refractivity contribution is -0.121. The highest BCUT2D eigenvalue weighted by molar-refractivity contribution is 5.95. The molecule has 0 amide bonds. The van der Waals surface area contributed by atoms with Crippen molar-refractivity contribution >= 4 is 5.78 Å². The van der Waals surface area contributed by atoms with Gasteiger partial charge in [0, 0.05) is 12.5 Å². The van der Waals surface area contributed by atoms with Crippen LogP contribution >= 0.6 is 0 Å². The zero-order valence-corrected chi connectivity index (χ0v) is 20.5. The van der Waals surface area contributed by atoms with Crippen LogP contribution in [0.4, 0.5) is 0 Å². The van der Waals surface area contributed by atoms with E-state index in [0.717, 1.165) is 11.1 Å². The molecule has 0 fully saturated rings. The zero-order valence-electron chi connectivity index (χ0n) is 20.5. The summed E-state index contributed by atoms with van der Waals surface area (Å²) in [5.41, 5.74) is 2.39. The highest BCUT2D eigenvalue weighted by Gasteiger charge is 2.23. The number of rotatable bonds is 15. The van der Waals surface area contributed by atoms with Crippen molar-refractivity contribution in [1.29, 1.82) is 0 Å². The number of Topliss-reactive ketones (excluding diaryl/α,β-unsaturated/α-hetero) is 1. The molecule has 2 N–H and O–H groups in total. The van der Waals surface area contributed by atoms with Crippen LogP contribution in [-0.2, 0) is 19.7 Å². The number of hydrogen-bond acceptors (Lipinski definition) is 7. The summed E-state index contributed by atoms with van der Waals surface area (Å²) in [7, 11) is 1.54. The van der Waals surface area contributed by atoms with E-state index in [1.807, 2.05) is 48.5 Å². The molecule has 0 bridgehead atoms. The molecule has 0 aliphatic heterocycles. The first-order chi connectivity index (χ1) is 16.1. The summed E-state index contributed by atoms with van der Waals surface area (Å²) < 4.78 is 21.4. The van der Waals surface area contributed by atoms with Gasteiger partial charge in [0.15, 0.2) is 5.78 Å². The number of aliphatic hydroxyl groups excluding tert-OH is 2. The van der Waals surface area contributed by atoms with E-state index in [0.29, 0.717) is 17.1 Å². The standard InChI is InChI=1S/C27H36O7/c1-19(2)26(30)18-32-15-23(29)17-34-25-12-8-21(9-13-25)27(3,4)20-6-10-24(11-7-20)33-16-22(28)14-31-5/h6-13,22-23,28-29H,1,14-18H2,2-5H3. The van der Waals surface area contributed by atoms with Gasteiger partial charge >= 0.3 is 0 Å². The Kier molecular flexibility index (Phi) is 10.7. The van der Waals surface area contributed by atoms with E-state index in [2.05, 4.69) is 20.4 Å². The molecule has 7 heteroatoms. The summed E-state index contributed by atoms with van der Waals surface area (Å²) in [5, 5.41) is 19.7. The van der Waals surface area contributed by atoms with Crippen molar-refractivity contribution in [2.75, 3.05) is 40.1 Å². The molecule has 7 nitrogen and oxygen atoms in total. The predicted molar refractivity (Wildman–Crippen MR) is 131 cm³/mol. The summed E-state index contributed by atoms with van der Waals surface area (Å²) in [5.74, 6) is 1.13. The van der Waals surface area contributed by atoms with Crippen LogP contribution in [0, 0.1) is 0 Å². The second kappa shape index (κ2) is 13.2. The first-order valence-electron chi connectivity index (χ1n) is 11.2. The normalized spacial score (nSPS) is 13.2. The molecular weight excluding hydrogens is 436 g/mol. The third-order valence-corrected chi connectivity index (χ3v) is 5.42. The first-order valence-corrected chi connectivity index (χ1v) is 11.2. The van der Waals surface area contributed by atoms with E-state index < -0.39 is 12.2 Å². The first kappa shape index (κ1) is 27.5. The number of aliphatic hydroxyl groups is 2. The van der Waals surface area contributed by atoms with Crippen LogP contribution in [0.2, 0.25) is 0 Å². The van der Waals surface area contributed by atoms with Gasteiger partial charge in [0.1, 0.15) is 43.5 Å².